The lowest BCUT2D eigenvalue weighted by Gasteiger charge is -2.22. The number of amides is 1. The minimum Gasteiger partial charge on any atom is -0.508 e. The predicted molar refractivity (Wildman–Crippen MR) is 161 cm³/mol. The molecule has 4 N–H and O–H groups in total. The highest BCUT2D eigenvalue weighted by atomic mass is 16.5. The van der Waals surface area contributed by atoms with E-state index in [9.17, 15) is 20.1 Å². The smallest absolute Gasteiger partial charge is 0.223 e. The van der Waals surface area contributed by atoms with E-state index in [1.54, 1.807) is 19.1 Å². The Morgan fingerprint density at radius 1 is 1.00 bits per heavy atom. The van der Waals surface area contributed by atoms with Crippen LogP contribution in [0.3, 0.4) is 0 Å². The molecular weight excluding hydrogens is 520 g/mol. The van der Waals surface area contributed by atoms with Gasteiger partial charge >= 0.3 is 0 Å². The number of aliphatic hydroxyl groups is 2. The van der Waals surface area contributed by atoms with E-state index in [1.807, 2.05) is 53.4 Å². The number of hydrogen-bond acceptors (Lipinski definition) is 7. The summed E-state index contributed by atoms with van der Waals surface area (Å²) in [6.45, 7) is 6.62. The Morgan fingerprint density at radius 2 is 1.80 bits per heavy atom. The number of aliphatic hydroxyl groups excluding tert-OH is 2. The number of benzene rings is 3. The lowest BCUT2D eigenvalue weighted by Crippen LogP contribution is -2.29. The van der Waals surface area contributed by atoms with Crippen LogP contribution in [0.4, 0.5) is 5.69 Å². The normalized spacial score (nSPS) is 11.8. The third-order valence-electron chi connectivity index (χ3n) is 6.86. The van der Waals surface area contributed by atoms with Crippen LogP contribution in [0.2, 0.25) is 0 Å². The largest absolute Gasteiger partial charge is 0.508 e. The van der Waals surface area contributed by atoms with Crippen LogP contribution >= 0.6 is 0 Å². The van der Waals surface area contributed by atoms with Crippen molar-refractivity contribution in [1.29, 1.82) is 0 Å². The third kappa shape index (κ3) is 10.8. The molecule has 0 aromatic heterocycles. The van der Waals surface area contributed by atoms with Crippen LogP contribution in [-0.4, -0.2) is 54.1 Å². The van der Waals surface area contributed by atoms with Gasteiger partial charge in [0.2, 0.25) is 5.91 Å². The zero-order valence-corrected chi connectivity index (χ0v) is 24.2. The van der Waals surface area contributed by atoms with E-state index in [-0.39, 0.29) is 18.3 Å². The van der Waals surface area contributed by atoms with Gasteiger partial charge in [0, 0.05) is 31.3 Å². The SMILES string of the molecule is CCCCCN(C(C)=O)c1cccc(COCCOc2ccc(CCNC[C@@H](O)c3ccc(O)c(CO)c3)cc2)c1. The second kappa shape index (κ2) is 17.4. The molecule has 0 unspecified atom stereocenters. The molecule has 0 spiro atoms. The average Bonchev–Trinajstić information content (AvgIpc) is 2.98. The summed E-state index contributed by atoms with van der Waals surface area (Å²) >= 11 is 0. The van der Waals surface area contributed by atoms with E-state index < -0.39 is 6.10 Å². The van der Waals surface area contributed by atoms with E-state index in [0.717, 1.165) is 54.8 Å². The van der Waals surface area contributed by atoms with Gasteiger partial charge in [-0.2, -0.15) is 0 Å². The van der Waals surface area contributed by atoms with Crippen LogP contribution in [-0.2, 0) is 29.2 Å². The van der Waals surface area contributed by atoms with Crippen LogP contribution in [0, 0.1) is 0 Å². The van der Waals surface area contributed by atoms with Crippen LogP contribution in [0.5, 0.6) is 11.5 Å². The number of phenols is 1. The molecule has 3 rings (SSSR count). The summed E-state index contributed by atoms with van der Waals surface area (Å²) in [4.78, 5) is 14.0. The maximum Gasteiger partial charge on any atom is 0.223 e. The van der Waals surface area contributed by atoms with Crippen molar-refractivity contribution in [2.24, 2.45) is 0 Å². The molecule has 0 saturated carbocycles. The topological polar surface area (TPSA) is 111 Å². The first-order chi connectivity index (χ1) is 19.9. The molecule has 41 heavy (non-hydrogen) atoms. The quantitative estimate of drug-likeness (QED) is 0.163. The molecule has 0 saturated heterocycles. The molecule has 222 valence electrons. The highest BCUT2D eigenvalue weighted by molar-refractivity contribution is 5.91. The van der Waals surface area contributed by atoms with Crippen LogP contribution in [0.15, 0.2) is 66.7 Å². The van der Waals surface area contributed by atoms with Gasteiger partial charge in [-0.15, -0.1) is 0 Å². The van der Waals surface area contributed by atoms with Gasteiger partial charge in [-0.3, -0.25) is 4.79 Å². The number of unbranched alkanes of at least 4 members (excludes halogenated alkanes) is 2. The van der Waals surface area contributed by atoms with Crippen molar-refractivity contribution < 1.29 is 29.6 Å². The highest BCUT2D eigenvalue weighted by Crippen LogP contribution is 2.22. The Bertz CT molecular complexity index is 1200. The van der Waals surface area contributed by atoms with Crippen molar-refractivity contribution in [2.45, 2.75) is 58.8 Å². The van der Waals surface area contributed by atoms with E-state index in [2.05, 4.69) is 12.2 Å². The summed E-state index contributed by atoms with van der Waals surface area (Å²) in [7, 11) is 0. The molecular formula is C33H44N2O6. The van der Waals surface area contributed by atoms with Gasteiger partial charge in [-0.25, -0.2) is 0 Å². The Morgan fingerprint density at radius 3 is 2.54 bits per heavy atom. The molecule has 0 aliphatic heterocycles. The number of carbonyl (C=O) groups is 1. The number of anilines is 1. The van der Waals surface area contributed by atoms with Gasteiger partial charge < -0.3 is 35.0 Å². The lowest BCUT2D eigenvalue weighted by atomic mass is 10.1. The molecule has 3 aromatic rings. The Kier molecular flexibility index (Phi) is 13.6. The van der Waals surface area contributed by atoms with Gasteiger partial charge in [0.05, 0.1) is 25.9 Å². The highest BCUT2D eigenvalue weighted by Gasteiger charge is 2.12. The van der Waals surface area contributed by atoms with Gasteiger partial charge in [-0.1, -0.05) is 50.1 Å². The molecule has 1 amide bonds. The standard InChI is InChI=1S/C33H44N2O6/c1-3-4-5-17-35(25(2)37)30-8-6-7-27(20-30)24-40-18-19-41-31-12-9-26(10-13-31)15-16-34-22-33(39)28-11-14-32(38)29(21-28)23-36/h6-14,20-21,33-34,36,38-39H,3-5,15-19,22-24H2,1-2H3/t33-/m1/s1. The van der Waals surface area contributed by atoms with Crippen molar-refractivity contribution in [3.63, 3.8) is 0 Å². The molecule has 3 aromatic carbocycles. The number of aromatic hydroxyl groups is 1. The van der Waals surface area contributed by atoms with Crippen molar-refractivity contribution in [1.82, 2.24) is 5.32 Å². The van der Waals surface area contributed by atoms with Crippen LogP contribution < -0.4 is 15.0 Å². The summed E-state index contributed by atoms with van der Waals surface area (Å²) in [6.07, 6.45) is 3.29. The second-order valence-corrected chi connectivity index (χ2v) is 10.1. The minimum atomic E-state index is -0.728. The zero-order valence-electron chi connectivity index (χ0n) is 24.2. The van der Waals surface area contributed by atoms with E-state index in [0.29, 0.717) is 44.0 Å². The van der Waals surface area contributed by atoms with E-state index in [4.69, 9.17) is 9.47 Å². The Hall–Kier alpha value is -3.43. The van der Waals surface area contributed by atoms with Gasteiger partial charge in [0.1, 0.15) is 18.1 Å². The molecule has 0 heterocycles. The fourth-order valence-electron chi connectivity index (χ4n) is 4.49. The first-order valence-electron chi connectivity index (χ1n) is 14.4. The van der Waals surface area contributed by atoms with Crippen molar-refractivity contribution in [2.75, 3.05) is 37.7 Å². The van der Waals surface area contributed by atoms with Gasteiger partial charge in [-0.05, 0) is 72.5 Å². The number of nitrogens with one attached hydrogen (secondary N) is 1. The molecule has 8 heteroatoms. The Balaban J connectivity index is 1.33. The van der Waals surface area contributed by atoms with Gasteiger partial charge in [0.25, 0.3) is 0 Å². The number of nitrogens with zero attached hydrogens (tertiary/aromatic N) is 1. The van der Waals surface area contributed by atoms with Crippen molar-refractivity contribution >= 4 is 11.6 Å². The number of ether oxygens (including phenoxy) is 2. The number of rotatable bonds is 18. The number of hydrogen-bond donors (Lipinski definition) is 4. The third-order valence-corrected chi connectivity index (χ3v) is 6.86. The number of carbonyl (C=O) groups excluding carboxylic acids is 1. The summed E-state index contributed by atoms with van der Waals surface area (Å²) < 4.78 is 11.6. The summed E-state index contributed by atoms with van der Waals surface area (Å²) in [6, 6.07) is 20.6. The van der Waals surface area contributed by atoms with Crippen molar-refractivity contribution in [3.8, 4) is 11.5 Å². The molecule has 0 aliphatic rings. The van der Waals surface area contributed by atoms with E-state index >= 15 is 0 Å². The fraction of sp³-hybridized carbons (Fsp3) is 0.424. The molecule has 1 atom stereocenters. The molecule has 0 aliphatic carbocycles. The average molecular weight is 565 g/mol. The molecule has 8 nitrogen and oxygen atoms in total. The minimum absolute atomic E-state index is 0.0220. The Labute approximate surface area is 243 Å². The lowest BCUT2D eigenvalue weighted by molar-refractivity contribution is -0.116. The molecule has 0 bridgehead atoms. The van der Waals surface area contributed by atoms with Crippen LogP contribution in [0.25, 0.3) is 0 Å². The van der Waals surface area contributed by atoms with Crippen LogP contribution in [0.1, 0.15) is 61.5 Å². The van der Waals surface area contributed by atoms with Gasteiger partial charge in [0.15, 0.2) is 0 Å². The van der Waals surface area contributed by atoms with Crippen molar-refractivity contribution in [3.05, 3.63) is 89.0 Å². The van der Waals surface area contributed by atoms with E-state index in [1.165, 1.54) is 6.07 Å². The predicted octanol–water partition coefficient (Wildman–Crippen LogP) is 4.89. The maximum absolute atomic E-state index is 12.1. The first kappa shape index (κ1) is 32.1. The summed E-state index contributed by atoms with van der Waals surface area (Å²) in [5.41, 5.74) is 4.13. The summed E-state index contributed by atoms with van der Waals surface area (Å²) in [5, 5.41) is 32.6. The fourth-order valence-corrected chi connectivity index (χ4v) is 4.49. The maximum atomic E-state index is 12.1. The first-order valence-corrected chi connectivity index (χ1v) is 14.4. The monoisotopic (exact) mass is 564 g/mol. The molecule has 0 fully saturated rings. The summed E-state index contributed by atoms with van der Waals surface area (Å²) in [5.74, 6) is 0.852. The molecule has 0 radical (unpaired) electrons. The zero-order chi connectivity index (χ0) is 29.5. The second-order valence-electron chi connectivity index (χ2n) is 10.1.